The van der Waals surface area contributed by atoms with E-state index in [0.29, 0.717) is 25.4 Å². The van der Waals surface area contributed by atoms with Gasteiger partial charge in [0, 0.05) is 41.2 Å². The number of carbonyl (C=O) groups is 1. The number of aryl methyl sites for hydroxylation is 2. The molecule has 1 amide bonds. The van der Waals surface area contributed by atoms with Crippen LogP contribution in [0.25, 0.3) is 10.9 Å². The molecule has 25 heavy (non-hydrogen) atoms. The fourth-order valence-electron chi connectivity index (χ4n) is 3.98. The molecule has 4 heteroatoms. The van der Waals surface area contributed by atoms with E-state index in [1.807, 2.05) is 30.0 Å². The van der Waals surface area contributed by atoms with Gasteiger partial charge >= 0.3 is 0 Å². The largest absolute Gasteiger partial charge is 0.390 e. The molecule has 1 saturated heterocycles. The van der Waals surface area contributed by atoms with Gasteiger partial charge in [0.25, 0.3) is 5.91 Å². The maximum Gasteiger partial charge on any atom is 0.253 e. The van der Waals surface area contributed by atoms with Crippen LogP contribution >= 0.6 is 0 Å². The van der Waals surface area contributed by atoms with E-state index >= 15 is 0 Å². The van der Waals surface area contributed by atoms with Crippen molar-refractivity contribution in [3.05, 3.63) is 35.0 Å². The van der Waals surface area contributed by atoms with E-state index in [9.17, 15) is 9.90 Å². The van der Waals surface area contributed by atoms with Crippen molar-refractivity contribution >= 4 is 16.8 Å². The van der Waals surface area contributed by atoms with Crippen molar-refractivity contribution in [2.24, 2.45) is 11.8 Å². The van der Waals surface area contributed by atoms with Crippen LogP contribution in [0.1, 0.15) is 55.2 Å². The summed E-state index contributed by atoms with van der Waals surface area (Å²) in [7, 11) is 0. The Morgan fingerprint density at radius 2 is 2.12 bits per heavy atom. The summed E-state index contributed by atoms with van der Waals surface area (Å²) in [5, 5.41) is 11.8. The van der Waals surface area contributed by atoms with E-state index in [-0.39, 0.29) is 11.8 Å². The first-order valence-electron chi connectivity index (χ1n) is 9.29. The maximum atomic E-state index is 13.0. The standard InChI is InChI=1S/C21H30N2O2/c1-13(2)10-17-12-23(9-8-21(17,5)25)20(24)16-6-7-19-18(11-16)14(3)15(4)22-19/h6-7,11,13,17,22,25H,8-10,12H2,1-5H3/t17-,21+/m0/s1. The molecule has 4 nitrogen and oxygen atoms in total. The number of fused-ring (bicyclic) bond motifs is 1. The molecule has 2 aromatic rings. The van der Waals surface area contributed by atoms with Crippen LogP contribution < -0.4 is 0 Å². The first-order chi connectivity index (χ1) is 11.7. The highest BCUT2D eigenvalue weighted by atomic mass is 16.3. The first-order valence-corrected chi connectivity index (χ1v) is 9.29. The van der Waals surface area contributed by atoms with Gasteiger partial charge < -0.3 is 15.0 Å². The predicted molar refractivity (Wildman–Crippen MR) is 102 cm³/mol. The summed E-state index contributed by atoms with van der Waals surface area (Å²) in [6, 6.07) is 5.90. The van der Waals surface area contributed by atoms with E-state index in [1.165, 1.54) is 5.56 Å². The lowest BCUT2D eigenvalue weighted by molar-refractivity contribution is -0.0577. The molecule has 2 heterocycles. The van der Waals surface area contributed by atoms with Gasteiger partial charge in [0.05, 0.1) is 5.60 Å². The molecule has 136 valence electrons. The summed E-state index contributed by atoms with van der Waals surface area (Å²) < 4.78 is 0. The van der Waals surface area contributed by atoms with E-state index < -0.39 is 5.60 Å². The van der Waals surface area contributed by atoms with Crippen LogP contribution in [-0.2, 0) is 0 Å². The molecule has 0 bridgehead atoms. The van der Waals surface area contributed by atoms with Crippen LogP contribution in [0.5, 0.6) is 0 Å². The molecule has 2 N–H and O–H groups in total. The number of piperidine rings is 1. The van der Waals surface area contributed by atoms with Crippen molar-refractivity contribution in [3.63, 3.8) is 0 Å². The number of hydrogen-bond acceptors (Lipinski definition) is 2. The first kappa shape index (κ1) is 18.0. The molecule has 0 aliphatic carbocycles. The summed E-state index contributed by atoms with van der Waals surface area (Å²) in [6.45, 7) is 11.6. The van der Waals surface area contributed by atoms with Gasteiger partial charge in [-0.3, -0.25) is 4.79 Å². The number of carbonyl (C=O) groups excluding carboxylic acids is 1. The lowest BCUT2D eigenvalue weighted by atomic mass is 9.78. The van der Waals surface area contributed by atoms with Crippen LogP contribution in [0.4, 0.5) is 0 Å². The number of benzene rings is 1. The van der Waals surface area contributed by atoms with Gasteiger partial charge in [0.15, 0.2) is 0 Å². The van der Waals surface area contributed by atoms with Crippen molar-refractivity contribution in [2.75, 3.05) is 13.1 Å². The fraction of sp³-hybridized carbons (Fsp3) is 0.571. The minimum Gasteiger partial charge on any atom is -0.390 e. The minimum atomic E-state index is -0.681. The molecule has 1 aromatic carbocycles. The van der Waals surface area contributed by atoms with Gasteiger partial charge in [-0.1, -0.05) is 13.8 Å². The zero-order valence-corrected chi connectivity index (χ0v) is 16.0. The second-order valence-corrected chi connectivity index (χ2v) is 8.32. The summed E-state index contributed by atoms with van der Waals surface area (Å²) in [5.74, 6) is 0.711. The highest BCUT2D eigenvalue weighted by molar-refractivity contribution is 5.99. The molecule has 0 unspecified atom stereocenters. The minimum absolute atomic E-state index is 0.0735. The highest BCUT2D eigenvalue weighted by Gasteiger charge is 2.39. The lowest BCUT2D eigenvalue weighted by Gasteiger charge is -2.43. The molecule has 1 fully saturated rings. The molecule has 1 aliphatic rings. The molecular formula is C21H30N2O2. The Labute approximate surface area is 150 Å². The lowest BCUT2D eigenvalue weighted by Crippen LogP contribution is -2.52. The van der Waals surface area contributed by atoms with Crippen molar-refractivity contribution in [1.82, 2.24) is 9.88 Å². The molecule has 0 radical (unpaired) electrons. The average molecular weight is 342 g/mol. The van der Waals surface area contributed by atoms with Gasteiger partial charge in [0.1, 0.15) is 0 Å². The van der Waals surface area contributed by atoms with Crippen LogP contribution in [-0.4, -0.2) is 39.6 Å². The zero-order chi connectivity index (χ0) is 18.4. The number of aromatic amines is 1. The number of aromatic nitrogens is 1. The molecule has 0 spiro atoms. The number of rotatable bonds is 3. The monoisotopic (exact) mass is 342 g/mol. The second kappa shape index (κ2) is 6.49. The second-order valence-electron chi connectivity index (χ2n) is 8.32. The number of nitrogens with zero attached hydrogens (tertiary/aromatic N) is 1. The number of amides is 1. The third-order valence-electron chi connectivity index (χ3n) is 5.81. The maximum absolute atomic E-state index is 13.0. The normalized spacial score (nSPS) is 24.3. The smallest absolute Gasteiger partial charge is 0.253 e. The van der Waals surface area contributed by atoms with Crippen LogP contribution in [0.15, 0.2) is 18.2 Å². The Morgan fingerprint density at radius 1 is 1.40 bits per heavy atom. The van der Waals surface area contributed by atoms with Gasteiger partial charge in [-0.05, 0) is 63.3 Å². The zero-order valence-electron chi connectivity index (χ0n) is 16.0. The van der Waals surface area contributed by atoms with Gasteiger partial charge in [0.2, 0.25) is 0 Å². The highest BCUT2D eigenvalue weighted by Crippen LogP contribution is 2.33. The van der Waals surface area contributed by atoms with Gasteiger partial charge in [-0.2, -0.15) is 0 Å². The number of aliphatic hydroxyl groups is 1. The molecular weight excluding hydrogens is 312 g/mol. The Bertz CT molecular complexity index is 789. The van der Waals surface area contributed by atoms with Crippen molar-refractivity contribution in [2.45, 2.75) is 53.1 Å². The average Bonchev–Trinajstić information content (AvgIpc) is 2.83. The Morgan fingerprint density at radius 3 is 2.80 bits per heavy atom. The third-order valence-corrected chi connectivity index (χ3v) is 5.81. The van der Waals surface area contributed by atoms with E-state index in [0.717, 1.165) is 28.6 Å². The number of H-pyrrole nitrogens is 1. The molecule has 0 saturated carbocycles. The van der Waals surface area contributed by atoms with Gasteiger partial charge in [-0.15, -0.1) is 0 Å². The van der Waals surface area contributed by atoms with E-state index in [1.54, 1.807) is 0 Å². The number of hydrogen-bond donors (Lipinski definition) is 2. The van der Waals surface area contributed by atoms with E-state index in [4.69, 9.17) is 0 Å². The molecule has 2 atom stereocenters. The fourth-order valence-corrected chi connectivity index (χ4v) is 3.98. The molecule has 1 aliphatic heterocycles. The molecule has 3 rings (SSSR count). The summed E-state index contributed by atoms with van der Waals surface area (Å²) in [4.78, 5) is 18.3. The quantitative estimate of drug-likeness (QED) is 0.884. The topological polar surface area (TPSA) is 56.3 Å². The Kier molecular flexibility index (Phi) is 4.67. The van der Waals surface area contributed by atoms with Crippen molar-refractivity contribution < 1.29 is 9.90 Å². The van der Waals surface area contributed by atoms with Crippen LogP contribution in [0.2, 0.25) is 0 Å². The van der Waals surface area contributed by atoms with Crippen LogP contribution in [0.3, 0.4) is 0 Å². The van der Waals surface area contributed by atoms with Crippen molar-refractivity contribution in [1.29, 1.82) is 0 Å². The van der Waals surface area contributed by atoms with Crippen LogP contribution in [0, 0.1) is 25.7 Å². The van der Waals surface area contributed by atoms with Gasteiger partial charge in [-0.25, -0.2) is 0 Å². The Hall–Kier alpha value is -1.81. The number of likely N-dealkylation sites (tertiary alicyclic amines) is 1. The SMILES string of the molecule is Cc1[nH]c2ccc(C(=O)N3CC[C@@](C)(O)[C@@H](CC(C)C)C3)cc2c1C. The third kappa shape index (κ3) is 3.45. The Balaban J connectivity index is 1.84. The summed E-state index contributed by atoms with van der Waals surface area (Å²) >= 11 is 0. The summed E-state index contributed by atoms with van der Waals surface area (Å²) in [6.07, 6.45) is 1.58. The van der Waals surface area contributed by atoms with Crippen molar-refractivity contribution in [3.8, 4) is 0 Å². The van der Waals surface area contributed by atoms with E-state index in [2.05, 4.69) is 32.7 Å². The summed E-state index contributed by atoms with van der Waals surface area (Å²) in [5.41, 5.74) is 3.47. The number of nitrogens with one attached hydrogen (secondary N) is 1. The predicted octanol–water partition coefficient (Wildman–Crippen LogP) is 4.04. The molecule has 1 aromatic heterocycles.